The summed E-state index contributed by atoms with van der Waals surface area (Å²) in [7, 11) is 1.59. The summed E-state index contributed by atoms with van der Waals surface area (Å²) in [4.78, 5) is 0. The van der Waals surface area contributed by atoms with Crippen molar-refractivity contribution in [2.24, 2.45) is 0 Å². The van der Waals surface area contributed by atoms with Gasteiger partial charge in [0, 0.05) is 7.11 Å². The average molecular weight is 246 g/mol. The van der Waals surface area contributed by atoms with Gasteiger partial charge in [0.2, 0.25) is 0 Å². The lowest BCUT2D eigenvalue weighted by Gasteiger charge is -2.12. The van der Waals surface area contributed by atoms with Gasteiger partial charge in [-0.2, -0.15) is 0 Å². The van der Waals surface area contributed by atoms with Crippen molar-refractivity contribution in [3.63, 3.8) is 0 Å². The van der Waals surface area contributed by atoms with E-state index in [1.165, 1.54) is 5.56 Å². The monoisotopic (exact) mass is 246 g/mol. The molecule has 0 aliphatic rings. The van der Waals surface area contributed by atoms with E-state index in [-0.39, 0.29) is 13.4 Å². The Kier molecular flexibility index (Phi) is 4.18. The van der Waals surface area contributed by atoms with Crippen molar-refractivity contribution in [3.05, 3.63) is 41.5 Å². The zero-order valence-electron chi connectivity index (χ0n) is 10.8. The summed E-state index contributed by atoms with van der Waals surface area (Å²) in [5.41, 5.74) is 2.14. The van der Waals surface area contributed by atoms with Gasteiger partial charge in [0.15, 0.2) is 6.79 Å². The Morgan fingerprint density at radius 3 is 2.67 bits per heavy atom. The number of aryl methyl sites for hydroxylation is 1. The first kappa shape index (κ1) is 12.9. The molecule has 0 fully saturated rings. The SMILES string of the molecule is CCc1cccc2cc(OCOC)cc(CO)c12. The number of methoxy groups -OCH3 is 1. The van der Waals surface area contributed by atoms with Gasteiger partial charge < -0.3 is 14.6 Å². The van der Waals surface area contributed by atoms with Crippen LogP contribution in [0.4, 0.5) is 0 Å². The number of hydrogen-bond acceptors (Lipinski definition) is 3. The van der Waals surface area contributed by atoms with E-state index in [2.05, 4.69) is 13.0 Å². The first-order valence-electron chi connectivity index (χ1n) is 6.07. The number of benzene rings is 2. The number of aliphatic hydroxyl groups excluding tert-OH is 1. The standard InChI is InChI=1S/C15H18O3/c1-3-11-5-4-6-12-7-14(18-10-17-2)8-13(9-16)15(11)12/h4-8,16H,3,9-10H2,1-2H3. The van der Waals surface area contributed by atoms with Crippen LogP contribution in [0.2, 0.25) is 0 Å². The Morgan fingerprint density at radius 2 is 2.00 bits per heavy atom. The highest BCUT2D eigenvalue weighted by atomic mass is 16.7. The molecule has 0 saturated heterocycles. The molecule has 0 saturated carbocycles. The molecule has 0 spiro atoms. The van der Waals surface area contributed by atoms with E-state index in [0.717, 1.165) is 28.5 Å². The molecule has 18 heavy (non-hydrogen) atoms. The van der Waals surface area contributed by atoms with Gasteiger partial charge in [-0.15, -0.1) is 0 Å². The highest BCUT2D eigenvalue weighted by Crippen LogP contribution is 2.28. The van der Waals surface area contributed by atoms with Crippen molar-refractivity contribution in [1.82, 2.24) is 0 Å². The fraction of sp³-hybridized carbons (Fsp3) is 0.333. The molecule has 0 aliphatic heterocycles. The van der Waals surface area contributed by atoms with Crippen LogP contribution in [0.15, 0.2) is 30.3 Å². The zero-order valence-corrected chi connectivity index (χ0v) is 10.8. The quantitative estimate of drug-likeness (QED) is 0.824. The summed E-state index contributed by atoms with van der Waals surface area (Å²) >= 11 is 0. The Labute approximate surface area is 107 Å². The number of fused-ring (bicyclic) bond motifs is 1. The van der Waals surface area contributed by atoms with Crippen LogP contribution in [0, 0.1) is 0 Å². The van der Waals surface area contributed by atoms with Gasteiger partial charge in [-0.1, -0.05) is 25.1 Å². The molecule has 3 heteroatoms. The molecule has 2 rings (SSSR count). The molecule has 0 amide bonds. The largest absolute Gasteiger partial charge is 0.468 e. The predicted molar refractivity (Wildman–Crippen MR) is 71.8 cm³/mol. The number of rotatable bonds is 5. The van der Waals surface area contributed by atoms with Crippen molar-refractivity contribution in [2.75, 3.05) is 13.9 Å². The van der Waals surface area contributed by atoms with Crippen LogP contribution in [0.5, 0.6) is 5.75 Å². The van der Waals surface area contributed by atoms with Crippen LogP contribution in [-0.2, 0) is 17.8 Å². The predicted octanol–water partition coefficient (Wildman–Crippen LogP) is 2.88. The summed E-state index contributed by atoms with van der Waals surface area (Å²) in [5, 5.41) is 11.7. The molecule has 0 atom stereocenters. The smallest absolute Gasteiger partial charge is 0.188 e. The minimum Gasteiger partial charge on any atom is -0.468 e. The van der Waals surface area contributed by atoms with Crippen LogP contribution in [0.25, 0.3) is 10.8 Å². The Bertz CT molecular complexity index is 534. The maximum Gasteiger partial charge on any atom is 0.188 e. The molecule has 0 bridgehead atoms. The molecule has 0 aliphatic carbocycles. The summed E-state index contributed by atoms with van der Waals surface area (Å²) in [6, 6.07) is 10.0. The fourth-order valence-electron chi connectivity index (χ4n) is 2.20. The summed E-state index contributed by atoms with van der Waals surface area (Å²) in [6.07, 6.45) is 0.947. The van der Waals surface area contributed by atoms with E-state index in [4.69, 9.17) is 9.47 Å². The third kappa shape index (κ3) is 2.47. The third-order valence-electron chi connectivity index (χ3n) is 3.01. The fourth-order valence-corrected chi connectivity index (χ4v) is 2.20. The summed E-state index contributed by atoms with van der Waals surface area (Å²) in [6.45, 7) is 2.34. The highest BCUT2D eigenvalue weighted by Gasteiger charge is 2.07. The van der Waals surface area contributed by atoms with Crippen molar-refractivity contribution < 1.29 is 14.6 Å². The first-order valence-corrected chi connectivity index (χ1v) is 6.07. The van der Waals surface area contributed by atoms with E-state index in [1.807, 2.05) is 24.3 Å². The van der Waals surface area contributed by atoms with Crippen molar-refractivity contribution in [2.45, 2.75) is 20.0 Å². The number of hydrogen-bond donors (Lipinski definition) is 1. The van der Waals surface area contributed by atoms with E-state index < -0.39 is 0 Å². The molecule has 0 unspecified atom stereocenters. The minimum atomic E-state index is 0.0116. The van der Waals surface area contributed by atoms with Crippen LogP contribution in [0.3, 0.4) is 0 Å². The molecule has 0 heterocycles. The topological polar surface area (TPSA) is 38.7 Å². The molecule has 96 valence electrons. The van der Waals surface area contributed by atoms with Gasteiger partial charge in [-0.3, -0.25) is 0 Å². The maximum absolute atomic E-state index is 9.52. The van der Waals surface area contributed by atoms with Gasteiger partial charge in [0.05, 0.1) is 6.61 Å². The van der Waals surface area contributed by atoms with E-state index in [0.29, 0.717) is 0 Å². The second-order valence-electron chi connectivity index (χ2n) is 4.16. The van der Waals surface area contributed by atoms with Crippen LogP contribution < -0.4 is 4.74 Å². The third-order valence-corrected chi connectivity index (χ3v) is 3.01. The Hall–Kier alpha value is -1.58. The molecular weight excluding hydrogens is 228 g/mol. The lowest BCUT2D eigenvalue weighted by atomic mass is 9.98. The average Bonchev–Trinajstić information content (AvgIpc) is 2.43. The van der Waals surface area contributed by atoms with Gasteiger partial charge >= 0.3 is 0 Å². The van der Waals surface area contributed by atoms with Crippen LogP contribution in [-0.4, -0.2) is 19.0 Å². The van der Waals surface area contributed by atoms with Crippen LogP contribution in [0.1, 0.15) is 18.1 Å². The van der Waals surface area contributed by atoms with Gasteiger partial charge in [0.25, 0.3) is 0 Å². The zero-order chi connectivity index (χ0) is 13.0. The highest BCUT2D eigenvalue weighted by molar-refractivity contribution is 5.90. The molecular formula is C15H18O3. The summed E-state index contributed by atoms with van der Waals surface area (Å²) in [5.74, 6) is 0.724. The molecule has 3 nitrogen and oxygen atoms in total. The normalized spacial score (nSPS) is 10.8. The van der Waals surface area contributed by atoms with E-state index in [1.54, 1.807) is 7.11 Å². The minimum absolute atomic E-state index is 0.0116. The van der Waals surface area contributed by atoms with E-state index >= 15 is 0 Å². The van der Waals surface area contributed by atoms with Gasteiger partial charge in [-0.25, -0.2) is 0 Å². The lowest BCUT2D eigenvalue weighted by molar-refractivity contribution is 0.0511. The Morgan fingerprint density at radius 1 is 1.17 bits per heavy atom. The molecule has 2 aromatic rings. The molecule has 0 radical (unpaired) electrons. The number of ether oxygens (including phenoxy) is 2. The second kappa shape index (κ2) is 5.85. The molecule has 0 aromatic heterocycles. The van der Waals surface area contributed by atoms with Crippen molar-refractivity contribution in [3.8, 4) is 5.75 Å². The second-order valence-corrected chi connectivity index (χ2v) is 4.16. The van der Waals surface area contributed by atoms with E-state index in [9.17, 15) is 5.11 Å². The van der Waals surface area contributed by atoms with Crippen LogP contribution >= 0.6 is 0 Å². The van der Waals surface area contributed by atoms with Crippen molar-refractivity contribution >= 4 is 10.8 Å². The first-order chi connectivity index (χ1) is 8.80. The molecule has 1 N–H and O–H groups in total. The van der Waals surface area contributed by atoms with Crippen molar-refractivity contribution in [1.29, 1.82) is 0 Å². The van der Waals surface area contributed by atoms with Gasteiger partial charge in [0.1, 0.15) is 5.75 Å². The molecule has 2 aromatic carbocycles. The maximum atomic E-state index is 9.52. The Balaban J connectivity index is 2.55. The van der Waals surface area contributed by atoms with Gasteiger partial charge in [-0.05, 0) is 40.5 Å². The summed E-state index contributed by atoms with van der Waals surface area (Å²) < 4.78 is 10.3. The lowest BCUT2D eigenvalue weighted by Crippen LogP contribution is -2.00. The number of aliphatic hydroxyl groups is 1.